The third-order valence-electron chi connectivity index (χ3n) is 10.4. The van der Waals surface area contributed by atoms with Gasteiger partial charge >= 0.3 is 0 Å². The average molecular weight is 680 g/mol. The minimum Gasteiger partial charge on any atom is -0.228 e. The minimum atomic E-state index is -0.546. The molecule has 3 nitrogen and oxygen atoms in total. The Morgan fingerprint density at radius 1 is 0.442 bits per heavy atom. The monoisotopic (exact) mass is 679 g/mol. The maximum absolute atomic E-state index is 10.6. The molecule has 0 N–H and O–H groups in total. The molecule has 8 aromatic rings. The molecular weight excluding hydrogens is 651 g/mol. The number of nitrogens with zero attached hydrogens (tertiary/aromatic N) is 3. The molecule has 1 spiro atoms. The topological polar surface area (TPSA) is 49.6 Å². The molecule has 1 aliphatic heterocycles. The summed E-state index contributed by atoms with van der Waals surface area (Å²) in [5, 5.41) is 10.6. The van der Waals surface area contributed by atoms with Gasteiger partial charge in [0.05, 0.1) is 28.4 Å². The molecule has 1 aliphatic carbocycles. The Bertz CT molecular complexity index is 2630. The average Bonchev–Trinajstić information content (AvgIpc) is 3.51. The first-order valence-electron chi connectivity index (χ1n) is 17.4. The van der Waals surface area contributed by atoms with Crippen molar-refractivity contribution in [3.05, 3.63) is 204 Å². The van der Waals surface area contributed by atoms with Crippen LogP contribution in [0.15, 0.2) is 186 Å². The summed E-state index contributed by atoms with van der Waals surface area (Å²) < 4.78 is 0. The summed E-state index contributed by atoms with van der Waals surface area (Å²) in [5.41, 5.74) is 14.0. The van der Waals surface area contributed by atoms with E-state index in [0.29, 0.717) is 11.4 Å². The van der Waals surface area contributed by atoms with E-state index in [9.17, 15) is 5.26 Å². The molecule has 0 bridgehead atoms. The molecule has 2 aliphatic rings. The van der Waals surface area contributed by atoms with Crippen molar-refractivity contribution in [2.45, 2.75) is 15.2 Å². The van der Waals surface area contributed by atoms with Crippen LogP contribution in [0.2, 0.25) is 0 Å². The molecule has 2 heterocycles. The van der Waals surface area contributed by atoms with E-state index in [1.54, 1.807) is 0 Å². The van der Waals surface area contributed by atoms with Gasteiger partial charge in [-0.2, -0.15) is 5.26 Å². The number of benzene rings is 7. The van der Waals surface area contributed by atoms with Crippen LogP contribution in [0.5, 0.6) is 0 Å². The summed E-state index contributed by atoms with van der Waals surface area (Å²) in [7, 11) is 0. The van der Waals surface area contributed by atoms with E-state index in [1.807, 2.05) is 60.3 Å². The van der Waals surface area contributed by atoms with Crippen molar-refractivity contribution in [2.24, 2.45) is 0 Å². The highest BCUT2D eigenvalue weighted by Gasteiger charge is 2.50. The fourth-order valence-electron chi connectivity index (χ4n) is 8.23. The predicted octanol–water partition coefficient (Wildman–Crippen LogP) is 11.8. The molecule has 4 heteroatoms. The van der Waals surface area contributed by atoms with Gasteiger partial charge in [0.15, 0.2) is 5.82 Å². The predicted molar refractivity (Wildman–Crippen MR) is 210 cm³/mol. The van der Waals surface area contributed by atoms with Crippen LogP contribution in [-0.2, 0) is 5.41 Å². The molecule has 242 valence electrons. The summed E-state index contributed by atoms with van der Waals surface area (Å²) >= 11 is 1.82. The Morgan fingerprint density at radius 2 is 1.04 bits per heavy atom. The van der Waals surface area contributed by atoms with Crippen LogP contribution in [0.4, 0.5) is 0 Å². The summed E-state index contributed by atoms with van der Waals surface area (Å²) in [5.74, 6) is 0.683. The number of hydrogen-bond acceptors (Lipinski definition) is 4. The van der Waals surface area contributed by atoms with Gasteiger partial charge in [0.2, 0.25) is 0 Å². The van der Waals surface area contributed by atoms with Crippen molar-refractivity contribution >= 4 is 11.8 Å². The first-order valence-corrected chi connectivity index (χ1v) is 18.2. The zero-order chi connectivity index (χ0) is 34.6. The van der Waals surface area contributed by atoms with Crippen LogP contribution in [0, 0.1) is 11.3 Å². The SMILES string of the molecule is N#Cc1cccc2c1-c1cc(-c3ccccc3-c3cc(-c4ccccc4)nc(-c4ccccc4)n3)ccc1C21c2ccccc2Sc2ccccc21. The lowest BCUT2D eigenvalue weighted by Gasteiger charge is -2.39. The largest absolute Gasteiger partial charge is 0.228 e. The fraction of sp³-hybridized carbons (Fsp3) is 0.0208. The third-order valence-corrected chi connectivity index (χ3v) is 11.6. The van der Waals surface area contributed by atoms with Crippen molar-refractivity contribution in [2.75, 3.05) is 0 Å². The second-order valence-corrected chi connectivity index (χ2v) is 14.3. The highest BCUT2D eigenvalue weighted by molar-refractivity contribution is 7.99. The Labute approximate surface area is 307 Å². The van der Waals surface area contributed by atoms with E-state index in [1.165, 1.54) is 26.5 Å². The zero-order valence-electron chi connectivity index (χ0n) is 28.0. The molecule has 0 fully saturated rings. The second kappa shape index (κ2) is 12.1. The lowest BCUT2D eigenvalue weighted by Crippen LogP contribution is -2.31. The lowest BCUT2D eigenvalue weighted by atomic mass is 9.67. The second-order valence-electron chi connectivity index (χ2n) is 13.2. The summed E-state index contributed by atoms with van der Waals surface area (Å²) in [4.78, 5) is 12.7. The van der Waals surface area contributed by atoms with Gasteiger partial charge in [-0.15, -0.1) is 0 Å². The Morgan fingerprint density at radius 3 is 1.75 bits per heavy atom. The van der Waals surface area contributed by atoms with Gasteiger partial charge < -0.3 is 0 Å². The first-order chi connectivity index (χ1) is 25.7. The molecule has 7 aromatic carbocycles. The van der Waals surface area contributed by atoms with Gasteiger partial charge in [-0.05, 0) is 69.3 Å². The molecule has 10 rings (SSSR count). The van der Waals surface area contributed by atoms with E-state index in [4.69, 9.17) is 9.97 Å². The maximum Gasteiger partial charge on any atom is 0.160 e. The number of rotatable bonds is 4. The molecule has 1 aromatic heterocycles. The van der Waals surface area contributed by atoms with E-state index in [-0.39, 0.29) is 0 Å². The smallest absolute Gasteiger partial charge is 0.160 e. The van der Waals surface area contributed by atoms with Crippen LogP contribution < -0.4 is 0 Å². The van der Waals surface area contributed by atoms with Crippen LogP contribution in [0.3, 0.4) is 0 Å². The van der Waals surface area contributed by atoms with Gasteiger partial charge in [0, 0.05) is 32.0 Å². The van der Waals surface area contributed by atoms with E-state index >= 15 is 0 Å². The summed E-state index contributed by atoms with van der Waals surface area (Å²) in [6.45, 7) is 0. The molecule has 0 radical (unpaired) electrons. The summed E-state index contributed by atoms with van der Waals surface area (Å²) in [6.07, 6.45) is 0. The maximum atomic E-state index is 10.6. The van der Waals surface area contributed by atoms with E-state index < -0.39 is 5.41 Å². The molecule has 0 unspecified atom stereocenters. The van der Waals surface area contributed by atoms with Gasteiger partial charge in [0.25, 0.3) is 0 Å². The molecule has 0 saturated heterocycles. The van der Waals surface area contributed by atoms with E-state index in [2.05, 4.69) is 133 Å². The number of nitriles is 1. The minimum absolute atomic E-state index is 0.546. The zero-order valence-corrected chi connectivity index (χ0v) is 28.8. The Hall–Kier alpha value is -6.54. The Balaban J connectivity index is 1.21. The quantitative estimate of drug-likeness (QED) is 0.186. The van der Waals surface area contributed by atoms with Crippen LogP contribution in [0.25, 0.3) is 56.2 Å². The first kappa shape index (κ1) is 30.3. The van der Waals surface area contributed by atoms with Crippen LogP contribution >= 0.6 is 11.8 Å². The molecular formula is C48H29N3S. The highest BCUT2D eigenvalue weighted by Crippen LogP contribution is 2.63. The van der Waals surface area contributed by atoms with Gasteiger partial charge in [-0.1, -0.05) is 157 Å². The van der Waals surface area contributed by atoms with Crippen LogP contribution in [-0.4, -0.2) is 9.97 Å². The summed E-state index contributed by atoms with van der Waals surface area (Å²) in [6, 6.07) is 64.2. The van der Waals surface area contributed by atoms with Gasteiger partial charge in [0.1, 0.15) is 0 Å². The van der Waals surface area contributed by atoms with Crippen molar-refractivity contribution in [1.82, 2.24) is 9.97 Å². The van der Waals surface area contributed by atoms with Gasteiger partial charge in [-0.25, -0.2) is 9.97 Å². The van der Waals surface area contributed by atoms with Crippen molar-refractivity contribution < 1.29 is 0 Å². The number of aromatic nitrogens is 2. The number of fused-ring (bicyclic) bond motifs is 9. The Kier molecular flexibility index (Phi) is 7.02. The lowest BCUT2D eigenvalue weighted by molar-refractivity contribution is 0.722. The van der Waals surface area contributed by atoms with Crippen molar-refractivity contribution in [1.29, 1.82) is 5.26 Å². The molecule has 0 amide bonds. The highest BCUT2D eigenvalue weighted by atomic mass is 32.2. The van der Waals surface area contributed by atoms with Gasteiger partial charge in [-0.3, -0.25) is 0 Å². The van der Waals surface area contributed by atoms with Crippen LogP contribution in [0.1, 0.15) is 27.8 Å². The molecule has 0 atom stereocenters. The fourth-order valence-corrected chi connectivity index (χ4v) is 9.42. The molecule has 0 saturated carbocycles. The number of hydrogen-bond donors (Lipinski definition) is 0. The molecule has 52 heavy (non-hydrogen) atoms. The third kappa shape index (κ3) is 4.53. The standard InChI is InChI=1S/C48H29N3S/c49-30-34-18-13-23-41-46(34)37-28-33(26-27-38(37)48(41)39-21-9-11-24-44(39)52-45-25-12-10-22-40(45)48)35-19-7-8-20-36(35)43-29-42(31-14-3-1-4-15-31)50-47(51-43)32-16-5-2-6-17-32/h1-29H. The van der Waals surface area contributed by atoms with E-state index in [0.717, 1.165) is 55.9 Å². The van der Waals surface area contributed by atoms with Crippen molar-refractivity contribution in [3.8, 4) is 62.2 Å². The van der Waals surface area contributed by atoms with Crippen molar-refractivity contribution in [3.63, 3.8) is 0 Å². The normalized spacial score (nSPS) is 13.1.